The molecule has 0 aliphatic heterocycles. The van der Waals surface area contributed by atoms with Crippen LogP contribution in [0.25, 0.3) is 0 Å². The second-order valence-corrected chi connectivity index (χ2v) is 3.24. The molecule has 1 heterocycles. The van der Waals surface area contributed by atoms with Crippen molar-refractivity contribution in [3.8, 4) is 0 Å². The molecule has 64 valence electrons. The summed E-state index contributed by atoms with van der Waals surface area (Å²) < 4.78 is 13.2. The number of aromatic nitrogens is 1. The highest BCUT2D eigenvalue weighted by Crippen LogP contribution is 2.18. The summed E-state index contributed by atoms with van der Waals surface area (Å²) in [5, 5.41) is 2.46. The van der Waals surface area contributed by atoms with Crippen molar-refractivity contribution in [2.24, 2.45) is 0 Å². The summed E-state index contributed by atoms with van der Waals surface area (Å²) in [6.07, 6.45) is 2.51. The number of carbonyl (C=O) groups excluding carboxylic acids is 1. The Bertz CT molecular complexity index is 316. The van der Waals surface area contributed by atoms with Crippen molar-refractivity contribution < 1.29 is 9.18 Å². The molecule has 0 fully saturated rings. The third-order valence-corrected chi connectivity index (χ3v) is 2.24. The summed E-state index contributed by atoms with van der Waals surface area (Å²) in [7, 11) is 0. The van der Waals surface area contributed by atoms with Crippen molar-refractivity contribution in [3.05, 3.63) is 21.8 Å². The molecule has 1 N–H and O–H groups in total. The number of hydrogen-bond acceptors (Lipinski definition) is 2. The standard InChI is InChI=1S/C7H6FIN2O/c1-4(12)11-6-3-10-2-5(8)7(6)9/h2-3H,1H3,(H,11,12). The predicted octanol–water partition coefficient (Wildman–Crippen LogP) is 1.78. The molecule has 12 heavy (non-hydrogen) atoms. The zero-order valence-electron chi connectivity index (χ0n) is 6.27. The lowest BCUT2D eigenvalue weighted by atomic mass is 10.4. The zero-order valence-corrected chi connectivity index (χ0v) is 8.42. The molecule has 0 saturated carbocycles. The Labute approximate surface area is 82.5 Å². The van der Waals surface area contributed by atoms with E-state index in [0.29, 0.717) is 9.26 Å². The minimum Gasteiger partial charge on any atom is -0.324 e. The van der Waals surface area contributed by atoms with Gasteiger partial charge in [0.2, 0.25) is 5.91 Å². The number of nitrogens with zero attached hydrogens (tertiary/aromatic N) is 1. The molecule has 0 aliphatic rings. The van der Waals surface area contributed by atoms with Crippen LogP contribution in [-0.4, -0.2) is 10.9 Å². The molecule has 3 nitrogen and oxygen atoms in total. The monoisotopic (exact) mass is 280 g/mol. The Morgan fingerprint density at radius 2 is 2.33 bits per heavy atom. The molecule has 0 aliphatic carbocycles. The van der Waals surface area contributed by atoms with Crippen LogP contribution in [0.15, 0.2) is 12.4 Å². The van der Waals surface area contributed by atoms with E-state index in [4.69, 9.17) is 0 Å². The lowest BCUT2D eigenvalue weighted by Crippen LogP contribution is -2.08. The molecule has 0 aromatic carbocycles. The van der Waals surface area contributed by atoms with Crippen molar-refractivity contribution in [1.29, 1.82) is 0 Å². The normalized spacial score (nSPS) is 9.58. The summed E-state index contributed by atoms with van der Waals surface area (Å²) in [6, 6.07) is 0. The smallest absolute Gasteiger partial charge is 0.221 e. The average Bonchev–Trinajstić information content (AvgIpc) is 1.98. The van der Waals surface area contributed by atoms with Crippen molar-refractivity contribution in [3.63, 3.8) is 0 Å². The zero-order chi connectivity index (χ0) is 9.14. The van der Waals surface area contributed by atoms with Crippen LogP contribution in [0.1, 0.15) is 6.92 Å². The molecule has 1 amide bonds. The van der Waals surface area contributed by atoms with E-state index in [2.05, 4.69) is 10.3 Å². The van der Waals surface area contributed by atoms with Crippen LogP contribution in [-0.2, 0) is 4.79 Å². The maximum Gasteiger partial charge on any atom is 0.221 e. The van der Waals surface area contributed by atoms with Crippen molar-refractivity contribution in [1.82, 2.24) is 4.98 Å². The van der Waals surface area contributed by atoms with Crippen LogP contribution < -0.4 is 5.32 Å². The Morgan fingerprint density at radius 1 is 1.67 bits per heavy atom. The van der Waals surface area contributed by atoms with Crippen LogP contribution in [0.3, 0.4) is 0 Å². The van der Waals surface area contributed by atoms with Crippen LogP contribution in [0.5, 0.6) is 0 Å². The van der Waals surface area contributed by atoms with Gasteiger partial charge in [-0.05, 0) is 22.6 Å². The summed E-state index contributed by atoms with van der Waals surface area (Å²) in [5.74, 6) is -0.665. The van der Waals surface area contributed by atoms with Gasteiger partial charge < -0.3 is 5.32 Å². The van der Waals surface area contributed by atoms with Gasteiger partial charge in [0.25, 0.3) is 0 Å². The molecule has 5 heteroatoms. The topological polar surface area (TPSA) is 42.0 Å². The first-order valence-electron chi connectivity index (χ1n) is 3.18. The fraction of sp³-hybridized carbons (Fsp3) is 0.143. The first-order chi connectivity index (χ1) is 5.61. The molecule has 0 atom stereocenters. The summed E-state index contributed by atoms with van der Waals surface area (Å²) in [5.41, 5.74) is 0.406. The number of anilines is 1. The van der Waals surface area contributed by atoms with Crippen LogP contribution in [0.2, 0.25) is 0 Å². The molecule has 1 aromatic rings. The molecule has 1 aromatic heterocycles. The van der Waals surface area contributed by atoms with Gasteiger partial charge in [0, 0.05) is 6.92 Å². The van der Waals surface area contributed by atoms with E-state index in [1.165, 1.54) is 13.1 Å². The number of amides is 1. The molecule has 0 bridgehead atoms. The molecule has 0 unspecified atom stereocenters. The third-order valence-electron chi connectivity index (χ3n) is 1.15. The predicted molar refractivity (Wildman–Crippen MR) is 51.2 cm³/mol. The minimum atomic E-state index is -0.429. The fourth-order valence-electron chi connectivity index (χ4n) is 0.696. The maximum absolute atomic E-state index is 12.8. The number of pyridine rings is 1. The van der Waals surface area contributed by atoms with Gasteiger partial charge in [0.05, 0.1) is 21.7 Å². The number of rotatable bonds is 1. The van der Waals surface area contributed by atoms with E-state index in [0.717, 1.165) is 6.20 Å². The minimum absolute atomic E-state index is 0.236. The number of hydrogen-bond donors (Lipinski definition) is 1. The largest absolute Gasteiger partial charge is 0.324 e. The van der Waals surface area contributed by atoms with E-state index >= 15 is 0 Å². The quantitative estimate of drug-likeness (QED) is 0.797. The summed E-state index contributed by atoms with van der Waals surface area (Å²) in [6.45, 7) is 1.36. The van der Waals surface area contributed by atoms with Gasteiger partial charge in [-0.1, -0.05) is 0 Å². The highest BCUT2D eigenvalue weighted by Gasteiger charge is 2.05. The lowest BCUT2D eigenvalue weighted by molar-refractivity contribution is -0.114. The molecular weight excluding hydrogens is 274 g/mol. The first-order valence-corrected chi connectivity index (χ1v) is 4.25. The van der Waals surface area contributed by atoms with E-state index in [1.54, 1.807) is 0 Å². The third kappa shape index (κ3) is 2.13. The van der Waals surface area contributed by atoms with Crippen LogP contribution in [0, 0.1) is 9.39 Å². The second-order valence-electron chi connectivity index (χ2n) is 2.16. The second kappa shape index (κ2) is 3.79. The van der Waals surface area contributed by atoms with Crippen molar-refractivity contribution >= 4 is 34.2 Å². The highest BCUT2D eigenvalue weighted by atomic mass is 127. The fourth-order valence-corrected chi connectivity index (χ4v) is 1.11. The van der Waals surface area contributed by atoms with Gasteiger partial charge >= 0.3 is 0 Å². The van der Waals surface area contributed by atoms with E-state index in [-0.39, 0.29) is 5.91 Å². The maximum atomic E-state index is 12.8. The average molecular weight is 280 g/mol. The van der Waals surface area contributed by atoms with E-state index in [1.807, 2.05) is 22.6 Å². The van der Waals surface area contributed by atoms with Gasteiger partial charge in [-0.25, -0.2) is 4.39 Å². The van der Waals surface area contributed by atoms with Crippen LogP contribution >= 0.6 is 22.6 Å². The molecule has 1 rings (SSSR count). The van der Waals surface area contributed by atoms with Gasteiger partial charge in [0.1, 0.15) is 0 Å². The highest BCUT2D eigenvalue weighted by molar-refractivity contribution is 14.1. The number of nitrogens with one attached hydrogen (secondary N) is 1. The van der Waals surface area contributed by atoms with Crippen molar-refractivity contribution in [2.45, 2.75) is 6.92 Å². The number of carbonyl (C=O) groups is 1. The molecule has 0 radical (unpaired) electrons. The van der Waals surface area contributed by atoms with E-state index < -0.39 is 5.82 Å². The summed E-state index contributed by atoms with van der Waals surface area (Å²) in [4.78, 5) is 14.2. The Balaban J connectivity index is 3.00. The SMILES string of the molecule is CC(=O)Nc1cncc(F)c1I. The lowest BCUT2D eigenvalue weighted by Gasteiger charge is -2.03. The van der Waals surface area contributed by atoms with Gasteiger partial charge in [-0.15, -0.1) is 0 Å². The van der Waals surface area contributed by atoms with Gasteiger partial charge in [-0.2, -0.15) is 0 Å². The van der Waals surface area contributed by atoms with Crippen LogP contribution in [0.4, 0.5) is 10.1 Å². The summed E-state index contributed by atoms with van der Waals surface area (Å²) >= 11 is 1.81. The van der Waals surface area contributed by atoms with Crippen molar-refractivity contribution in [2.75, 3.05) is 5.32 Å². The van der Waals surface area contributed by atoms with Gasteiger partial charge in [0.15, 0.2) is 5.82 Å². The Kier molecular flexibility index (Phi) is 2.96. The van der Waals surface area contributed by atoms with E-state index in [9.17, 15) is 9.18 Å². The number of halogens is 2. The Morgan fingerprint density at radius 3 is 2.92 bits per heavy atom. The molecular formula is C7H6FIN2O. The molecule has 0 spiro atoms. The van der Waals surface area contributed by atoms with Gasteiger partial charge in [-0.3, -0.25) is 9.78 Å². The Hall–Kier alpha value is -0.720. The molecule has 0 saturated heterocycles. The first kappa shape index (κ1) is 9.37.